The molecular formula is C9H19NS. The fourth-order valence-corrected chi connectivity index (χ4v) is 3.34. The van der Waals surface area contributed by atoms with Crippen molar-refractivity contribution >= 4 is 11.8 Å². The third-order valence-corrected chi connectivity index (χ3v) is 3.74. The van der Waals surface area contributed by atoms with Gasteiger partial charge in [-0.25, -0.2) is 0 Å². The molecule has 2 atom stereocenters. The Morgan fingerprint density at radius 3 is 2.91 bits per heavy atom. The van der Waals surface area contributed by atoms with Gasteiger partial charge in [0.1, 0.15) is 0 Å². The van der Waals surface area contributed by atoms with Gasteiger partial charge in [-0.15, -0.1) is 11.8 Å². The lowest BCUT2D eigenvalue weighted by Gasteiger charge is -2.37. The van der Waals surface area contributed by atoms with Crippen LogP contribution in [0.5, 0.6) is 0 Å². The maximum absolute atomic E-state index is 3.59. The molecule has 0 saturated carbocycles. The molecule has 0 aromatic carbocycles. The van der Waals surface area contributed by atoms with Crippen LogP contribution in [0.1, 0.15) is 40.0 Å². The number of nitrogens with one attached hydrogen (secondary N) is 1. The SMILES string of the molecule is CCCC1(C)NCCC(C)S1. The summed E-state index contributed by atoms with van der Waals surface area (Å²) in [6.07, 6.45) is 3.90. The van der Waals surface area contributed by atoms with Crippen molar-refractivity contribution in [2.24, 2.45) is 0 Å². The van der Waals surface area contributed by atoms with Crippen LogP contribution in [0, 0.1) is 0 Å². The molecule has 0 aromatic rings. The van der Waals surface area contributed by atoms with Crippen molar-refractivity contribution in [3.05, 3.63) is 0 Å². The van der Waals surface area contributed by atoms with Gasteiger partial charge in [-0.1, -0.05) is 20.3 Å². The highest BCUT2D eigenvalue weighted by molar-refractivity contribution is 8.01. The molecule has 0 spiro atoms. The zero-order valence-electron chi connectivity index (χ0n) is 7.81. The predicted molar refractivity (Wildman–Crippen MR) is 53.0 cm³/mol. The second-order valence-electron chi connectivity index (χ2n) is 3.62. The van der Waals surface area contributed by atoms with E-state index in [4.69, 9.17) is 0 Å². The molecule has 66 valence electrons. The first kappa shape index (κ1) is 9.40. The molecule has 1 heterocycles. The fourth-order valence-electron chi connectivity index (χ4n) is 1.71. The van der Waals surface area contributed by atoms with Crippen molar-refractivity contribution < 1.29 is 0 Å². The zero-order chi connectivity index (χ0) is 8.32. The summed E-state index contributed by atoms with van der Waals surface area (Å²) in [6, 6.07) is 0. The molecule has 1 aliphatic heterocycles. The van der Waals surface area contributed by atoms with Gasteiger partial charge in [0.25, 0.3) is 0 Å². The van der Waals surface area contributed by atoms with E-state index in [1.54, 1.807) is 0 Å². The van der Waals surface area contributed by atoms with Gasteiger partial charge < -0.3 is 5.32 Å². The van der Waals surface area contributed by atoms with Crippen LogP contribution in [0.4, 0.5) is 0 Å². The molecule has 0 aliphatic carbocycles. The van der Waals surface area contributed by atoms with Gasteiger partial charge in [-0.2, -0.15) is 0 Å². The molecule has 1 aliphatic rings. The first-order chi connectivity index (χ1) is 5.16. The van der Waals surface area contributed by atoms with Gasteiger partial charge in [-0.05, 0) is 26.3 Å². The summed E-state index contributed by atoms with van der Waals surface area (Å²) < 4.78 is 0. The summed E-state index contributed by atoms with van der Waals surface area (Å²) in [4.78, 5) is 0.367. The Morgan fingerprint density at radius 2 is 2.36 bits per heavy atom. The van der Waals surface area contributed by atoms with Gasteiger partial charge in [0.05, 0.1) is 4.87 Å². The van der Waals surface area contributed by atoms with E-state index < -0.39 is 0 Å². The largest absolute Gasteiger partial charge is 0.303 e. The maximum Gasteiger partial charge on any atom is 0.0619 e. The van der Waals surface area contributed by atoms with Crippen LogP contribution in [-0.4, -0.2) is 16.7 Å². The summed E-state index contributed by atoms with van der Waals surface area (Å²) in [6.45, 7) is 8.12. The Kier molecular flexibility index (Phi) is 3.26. The van der Waals surface area contributed by atoms with E-state index in [9.17, 15) is 0 Å². The summed E-state index contributed by atoms with van der Waals surface area (Å²) in [5.41, 5.74) is 0. The van der Waals surface area contributed by atoms with E-state index >= 15 is 0 Å². The number of rotatable bonds is 2. The molecule has 0 amide bonds. The van der Waals surface area contributed by atoms with E-state index in [1.165, 1.54) is 25.8 Å². The van der Waals surface area contributed by atoms with Crippen molar-refractivity contribution in [1.29, 1.82) is 0 Å². The van der Waals surface area contributed by atoms with E-state index in [1.807, 2.05) is 0 Å². The quantitative estimate of drug-likeness (QED) is 0.689. The Balaban J connectivity index is 2.41. The third-order valence-electron chi connectivity index (χ3n) is 2.24. The molecule has 2 heteroatoms. The lowest BCUT2D eigenvalue weighted by Crippen LogP contribution is -2.45. The standard InChI is InChI=1S/C9H19NS/c1-4-6-9(3)10-7-5-8(2)11-9/h8,10H,4-7H2,1-3H3. The van der Waals surface area contributed by atoms with Crippen molar-refractivity contribution in [2.45, 2.75) is 50.2 Å². The van der Waals surface area contributed by atoms with E-state index in [0.717, 1.165) is 5.25 Å². The summed E-state index contributed by atoms with van der Waals surface area (Å²) >= 11 is 2.10. The fraction of sp³-hybridized carbons (Fsp3) is 1.00. The summed E-state index contributed by atoms with van der Waals surface area (Å²) in [5.74, 6) is 0. The van der Waals surface area contributed by atoms with Gasteiger partial charge >= 0.3 is 0 Å². The lowest BCUT2D eigenvalue weighted by atomic mass is 10.1. The van der Waals surface area contributed by atoms with Crippen LogP contribution < -0.4 is 5.32 Å². The van der Waals surface area contributed by atoms with Crippen LogP contribution >= 0.6 is 11.8 Å². The Morgan fingerprint density at radius 1 is 1.64 bits per heavy atom. The Labute approximate surface area is 74.3 Å². The van der Waals surface area contributed by atoms with Crippen molar-refractivity contribution in [1.82, 2.24) is 5.32 Å². The molecule has 1 saturated heterocycles. The highest BCUT2D eigenvalue weighted by Crippen LogP contribution is 2.35. The second kappa shape index (κ2) is 3.81. The van der Waals surface area contributed by atoms with Crippen molar-refractivity contribution in [2.75, 3.05) is 6.54 Å². The smallest absolute Gasteiger partial charge is 0.0619 e. The molecular weight excluding hydrogens is 154 g/mol. The molecule has 1 N–H and O–H groups in total. The van der Waals surface area contributed by atoms with Gasteiger partial charge in [-0.3, -0.25) is 0 Å². The molecule has 2 unspecified atom stereocenters. The van der Waals surface area contributed by atoms with Crippen LogP contribution in [0.3, 0.4) is 0 Å². The minimum absolute atomic E-state index is 0.367. The Bertz CT molecular complexity index is 123. The van der Waals surface area contributed by atoms with E-state index in [0.29, 0.717) is 4.87 Å². The molecule has 1 nitrogen and oxygen atoms in total. The Hall–Kier alpha value is 0.310. The molecule has 0 radical (unpaired) electrons. The van der Waals surface area contributed by atoms with Gasteiger partial charge in [0.2, 0.25) is 0 Å². The first-order valence-electron chi connectivity index (χ1n) is 4.59. The van der Waals surface area contributed by atoms with Crippen LogP contribution in [0.25, 0.3) is 0 Å². The second-order valence-corrected chi connectivity index (χ2v) is 5.57. The minimum Gasteiger partial charge on any atom is -0.303 e. The first-order valence-corrected chi connectivity index (χ1v) is 5.47. The average molecular weight is 173 g/mol. The van der Waals surface area contributed by atoms with Crippen LogP contribution in [0.2, 0.25) is 0 Å². The number of hydrogen-bond donors (Lipinski definition) is 1. The highest BCUT2D eigenvalue weighted by Gasteiger charge is 2.29. The monoisotopic (exact) mass is 173 g/mol. The highest BCUT2D eigenvalue weighted by atomic mass is 32.2. The normalized spacial score (nSPS) is 39.0. The molecule has 1 rings (SSSR count). The van der Waals surface area contributed by atoms with E-state index in [-0.39, 0.29) is 0 Å². The van der Waals surface area contributed by atoms with E-state index in [2.05, 4.69) is 37.8 Å². The topological polar surface area (TPSA) is 12.0 Å². The van der Waals surface area contributed by atoms with Crippen LogP contribution in [0.15, 0.2) is 0 Å². The van der Waals surface area contributed by atoms with Crippen molar-refractivity contribution in [3.63, 3.8) is 0 Å². The average Bonchev–Trinajstić information content (AvgIpc) is 1.86. The molecule has 0 bridgehead atoms. The maximum atomic E-state index is 3.59. The number of thioether (sulfide) groups is 1. The third kappa shape index (κ3) is 2.68. The minimum atomic E-state index is 0.367. The summed E-state index contributed by atoms with van der Waals surface area (Å²) in [7, 11) is 0. The summed E-state index contributed by atoms with van der Waals surface area (Å²) in [5, 5.41) is 4.43. The van der Waals surface area contributed by atoms with Gasteiger partial charge in [0, 0.05) is 5.25 Å². The molecule has 1 fully saturated rings. The number of hydrogen-bond acceptors (Lipinski definition) is 2. The van der Waals surface area contributed by atoms with Gasteiger partial charge in [0.15, 0.2) is 0 Å². The predicted octanol–water partition coefficient (Wildman–Crippen LogP) is 2.62. The molecule has 11 heavy (non-hydrogen) atoms. The molecule has 0 aromatic heterocycles. The van der Waals surface area contributed by atoms with Crippen LogP contribution in [-0.2, 0) is 0 Å². The zero-order valence-corrected chi connectivity index (χ0v) is 8.63. The lowest BCUT2D eigenvalue weighted by molar-refractivity contribution is 0.439. The van der Waals surface area contributed by atoms with Crippen molar-refractivity contribution in [3.8, 4) is 0 Å².